The molecule has 0 amide bonds. The smallest absolute Gasteiger partial charge is 0.458 e. The third kappa shape index (κ3) is 5.91. The van der Waals surface area contributed by atoms with Gasteiger partial charge < -0.3 is 10.2 Å². The normalized spacial score (nSPS) is 13.8. The molecule has 8 heteroatoms. The number of carbonyl (C=O) groups is 2. The van der Waals surface area contributed by atoms with Crippen molar-refractivity contribution in [3.8, 4) is 0 Å². The van der Waals surface area contributed by atoms with Crippen LogP contribution in [0.15, 0.2) is 0 Å². The van der Waals surface area contributed by atoms with Gasteiger partial charge >= 0.3 is 18.2 Å². The molecule has 0 aromatic heterocycles. The second kappa shape index (κ2) is 4.08. The van der Waals surface area contributed by atoms with Gasteiger partial charge in [0.1, 0.15) is 6.04 Å². The molecule has 0 rings (SSSR count). The summed E-state index contributed by atoms with van der Waals surface area (Å²) in [6.07, 6.45) is -6.03. The highest BCUT2D eigenvalue weighted by atomic mass is 19.4. The first-order valence-corrected chi connectivity index (χ1v) is 3.01. The van der Waals surface area contributed by atoms with Crippen molar-refractivity contribution < 1.29 is 33.0 Å². The van der Waals surface area contributed by atoms with E-state index in [2.05, 4.69) is 0 Å². The first kappa shape index (κ1) is 11.7. The lowest BCUT2D eigenvalue weighted by molar-refractivity contribution is -0.176. The SMILES string of the molecule is O=C(O)CC(NC(F)(F)F)C(=O)O. The zero-order valence-corrected chi connectivity index (χ0v) is 6.13. The summed E-state index contributed by atoms with van der Waals surface area (Å²) in [6, 6.07) is -2.16. The second-order valence-corrected chi connectivity index (χ2v) is 2.13. The fraction of sp³-hybridized carbons (Fsp3) is 0.600. The number of carboxylic acid groups (broad SMARTS) is 2. The Balaban J connectivity index is 4.27. The highest BCUT2D eigenvalue weighted by molar-refractivity contribution is 5.80. The summed E-state index contributed by atoms with van der Waals surface area (Å²) in [5, 5.41) is 16.9. The van der Waals surface area contributed by atoms with Crippen LogP contribution in [0.5, 0.6) is 0 Å². The minimum Gasteiger partial charge on any atom is -0.481 e. The van der Waals surface area contributed by atoms with Crippen molar-refractivity contribution in [1.82, 2.24) is 5.32 Å². The predicted octanol–water partition coefficient (Wildman–Crippen LogP) is 0.0237. The molecule has 0 aromatic rings. The molecular formula is C5H6F3NO4. The second-order valence-electron chi connectivity index (χ2n) is 2.13. The van der Waals surface area contributed by atoms with E-state index in [0.717, 1.165) is 0 Å². The van der Waals surface area contributed by atoms with Gasteiger partial charge in [0, 0.05) is 0 Å². The van der Waals surface area contributed by atoms with Crippen molar-refractivity contribution in [3.63, 3.8) is 0 Å². The van der Waals surface area contributed by atoms with Gasteiger partial charge in [-0.3, -0.25) is 9.59 Å². The summed E-state index contributed by atoms with van der Waals surface area (Å²) in [7, 11) is 0. The summed E-state index contributed by atoms with van der Waals surface area (Å²) in [6.45, 7) is 0. The molecule has 0 aromatic carbocycles. The highest BCUT2D eigenvalue weighted by Gasteiger charge is 2.35. The predicted molar refractivity (Wildman–Crippen MR) is 32.9 cm³/mol. The Morgan fingerprint density at radius 3 is 2.00 bits per heavy atom. The van der Waals surface area contributed by atoms with E-state index in [0.29, 0.717) is 5.32 Å². The van der Waals surface area contributed by atoms with Crippen LogP contribution in [-0.2, 0) is 9.59 Å². The maximum absolute atomic E-state index is 11.5. The van der Waals surface area contributed by atoms with Crippen molar-refractivity contribution in [1.29, 1.82) is 0 Å². The minimum atomic E-state index is -4.90. The Kier molecular flexibility index (Phi) is 3.67. The number of hydrogen-bond donors (Lipinski definition) is 3. The first-order chi connectivity index (χ1) is 5.72. The zero-order valence-electron chi connectivity index (χ0n) is 6.13. The van der Waals surface area contributed by atoms with Crippen LogP contribution in [0.4, 0.5) is 13.2 Å². The first-order valence-electron chi connectivity index (χ1n) is 3.01. The molecule has 0 spiro atoms. The fourth-order valence-corrected chi connectivity index (χ4v) is 0.572. The van der Waals surface area contributed by atoms with Gasteiger partial charge in [0.15, 0.2) is 0 Å². The molecule has 0 bridgehead atoms. The third-order valence-corrected chi connectivity index (χ3v) is 1.01. The van der Waals surface area contributed by atoms with Crippen LogP contribution in [0.25, 0.3) is 0 Å². The van der Waals surface area contributed by atoms with Crippen molar-refractivity contribution >= 4 is 11.9 Å². The van der Waals surface area contributed by atoms with Gasteiger partial charge in [-0.1, -0.05) is 0 Å². The lowest BCUT2D eigenvalue weighted by Gasteiger charge is -2.14. The molecule has 13 heavy (non-hydrogen) atoms. The average Bonchev–Trinajstić information content (AvgIpc) is 1.81. The van der Waals surface area contributed by atoms with Crippen LogP contribution >= 0.6 is 0 Å². The van der Waals surface area contributed by atoms with Crippen molar-refractivity contribution in [3.05, 3.63) is 0 Å². The van der Waals surface area contributed by atoms with Crippen molar-refractivity contribution in [2.45, 2.75) is 18.8 Å². The summed E-state index contributed by atoms with van der Waals surface area (Å²) in [5.41, 5.74) is 0. The standard InChI is InChI=1S/C5H6F3NO4/c6-5(7,8)9-2(4(12)13)1-3(10)11/h2,9H,1H2,(H,10,11)(H,12,13). The van der Waals surface area contributed by atoms with Crippen LogP contribution in [0.3, 0.4) is 0 Å². The maximum atomic E-state index is 11.5. The van der Waals surface area contributed by atoms with Crippen LogP contribution in [0.2, 0.25) is 0 Å². The number of halogens is 3. The quantitative estimate of drug-likeness (QED) is 0.558. The van der Waals surface area contributed by atoms with Crippen LogP contribution in [0.1, 0.15) is 6.42 Å². The van der Waals surface area contributed by atoms with Gasteiger partial charge in [0.25, 0.3) is 0 Å². The number of rotatable bonds is 4. The summed E-state index contributed by atoms with van der Waals surface area (Å²) in [5.74, 6) is -3.48. The molecule has 0 aliphatic rings. The van der Waals surface area contributed by atoms with Crippen LogP contribution in [0, 0.1) is 0 Å². The molecule has 0 fully saturated rings. The van der Waals surface area contributed by atoms with Gasteiger partial charge in [-0.15, -0.1) is 0 Å². The molecule has 0 saturated carbocycles. The van der Waals surface area contributed by atoms with E-state index >= 15 is 0 Å². The molecule has 76 valence electrons. The van der Waals surface area contributed by atoms with Crippen LogP contribution in [-0.4, -0.2) is 34.5 Å². The Hall–Kier alpha value is -1.31. The summed E-state index contributed by atoms with van der Waals surface area (Å²) < 4.78 is 34.6. The summed E-state index contributed by atoms with van der Waals surface area (Å²) in [4.78, 5) is 20.0. The number of alkyl halides is 3. The van der Waals surface area contributed by atoms with E-state index in [1.54, 1.807) is 0 Å². The van der Waals surface area contributed by atoms with E-state index in [4.69, 9.17) is 10.2 Å². The molecule has 3 N–H and O–H groups in total. The molecule has 5 nitrogen and oxygen atoms in total. The van der Waals surface area contributed by atoms with Gasteiger partial charge in [-0.2, -0.15) is 13.2 Å². The Labute approximate surface area is 70.2 Å². The molecule has 0 heterocycles. The Bertz CT molecular complexity index is 214. The van der Waals surface area contributed by atoms with E-state index in [9.17, 15) is 22.8 Å². The molecule has 0 aliphatic heterocycles. The molecular weight excluding hydrogens is 195 g/mol. The maximum Gasteiger partial charge on any atom is 0.458 e. The lowest BCUT2D eigenvalue weighted by Crippen LogP contribution is -2.46. The molecule has 1 atom stereocenters. The number of carboxylic acids is 2. The average molecular weight is 201 g/mol. The number of hydrogen-bond acceptors (Lipinski definition) is 3. The van der Waals surface area contributed by atoms with E-state index < -0.39 is 30.7 Å². The molecule has 1 unspecified atom stereocenters. The van der Waals surface area contributed by atoms with Crippen molar-refractivity contribution in [2.24, 2.45) is 0 Å². The Morgan fingerprint density at radius 1 is 1.31 bits per heavy atom. The summed E-state index contributed by atoms with van der Waals surface area (Å²) >= 11 is 0. The van der Waals surface area contributed by atoms with E-state index in [1.165, 1.54) is 0 Å². The highest BCUT2D eigenvalue weighted by Crippen LogP contribution is 2.12. The fourth-order valence-electron chi connectivity index (χ4n) is 0.572. The van der Waals surface area contributed by atoms with Gasteiger partial charge in [-0.05, 0) is 0 Å². The minimum absolute atomic E-state index is 0.707. The van der Waals surface area contributed by atoms with Gasteiger partial charge in [0.05, 0.1) is 6.42 Å². The molecule has 0 saturated heterocycles. The third-order valence-electron chi connectivity index (χ3n) is 1.01. The monoisotopic (exact) mass is 201 g/mol. The topological polar surface area (TPSA) is 86.6 Å². The van der Waals surface area contributed by atoms with E-state index in [-0.39, 0.29) is 0 Å². The molecule has 0 radical (unpaired) electrons. The van der Waals surface area contributed by atoms with E-state index in [1.807, 2.05) is 0 Å². The zero-order chi connectivity index (χ0) is 10.6. The Morgan fingerprint density at radius 2 is 1.77 bits per heavy atom. The van der Waals surface area contributed by atoms with Gasteiger partial charge in [-0.25, -0.2) is 5.32 Å². The molecule has 0 aliphatic carbocycles. The lowest BCUT2D eigenvalue weighted by atomic mass is 10.2. The van der Waals surface area contributed by atoms with Crippen LogP contribution < -0.4 is 5.32 Å². The van der Waals surface area contributed by atoms with Crippen molar-refractivity contribution in [2.75, 3.05) is 0 Å². The largest absolute Gasteiger partial charge is 0.481 e. The number of nitrogens with one attached hydrogen (secondary N) is 1. The number of aliphatic carboxylic acids is 2. The van der Waals surface area contributed by atoms with Gasteiger partial charge in [0.2, 0.25) is 0 Å².